The molecule has 0 spiro atoms. The average Bonchev–Trinajstić information content (AvgIpc) is 2.78. The molecule has 1 aliphatic rings. The van der Waals surface area contributed by atoms with Gasteiger partial charge in [0.2, 0.25) is 0 Å². The highest BCUT2D eigenvalue weighted by molar-refractivity contribution is 6.31. The van der Waals surface area contributed by atoms with E-state index in [4.69, 9.17) is 23.2 Å². The fraction of sp³-hybridized carbons (Fsp3) is 0.235. The van der Waals surface area contributed by atoms with Crippen LogP contribution in [0.15, 0.2) is 42.5 Å². The van der Waals surface area contributed by atoms with Crippen LogP contribution < -0.4 is 5.32 Å². The van der Waals surface area contributed by atoms with E-state index < -0.39 is 0 Å². The Labute approximate surface area is 134 Å². The molecule has 0 aromatic heterocycles. The monoisotopic (exact) mass is 319 g/mol. The van der Waals surface area contributed by atoms with Gasteiger partial charge in [-0.1, -0.05) is 41.9 Å². The minimum absolute atomic E-state index is 0.118. The second-order valence-electron chi connectivity index (χ2n) is 5.33. The molecular formula is C17H15Cl2NO. The summed E-state index contributed by atoms with van der Waals surface area (Å²) in [6.45, 7) is 1.91. The third-order valence-corrected chi connectivity index (χ3v) is 4.70. The van der Waals surface area contributed by atoms with E-state index in [9.17, 15) is 4.79 Å². The lowest BCUT2D eigenvalue weighted by Gasteiger charge is -2.17. The summed E-state index contributed by atoms with van der Waals surface area (Å²) >= 11 is 12.5. The van der Waals surface area contributed by atoms with Crippen molar-refractivity contribution < 1.29 is 4.79 Å². The maximum atomic E-state index is 12.4. The molecule has 2 aromatic carbocycles. The van der Waals surface area contributed by atoms with E-state index >= 15 is 0 Å². The quantitative estimate of drug-likeness (QED) is 0.822. The maximum absolute atomic E-state index is 12.4. The second-order valence-corrected chi connectivity index (χ2v) is 6.30. The van der Waals surface area contributed by atoms with Crippen LogP contribution in [0, 0.1) is 6.92 Å². The van der Waals surface area contributed by atoms with Gasteiger partial charge in [-0.2, -0.15) is 0 Å². The standard InChI is InChI=1S/C17H15Cl2NO/c1-10-6-7-12(9-14(10)18)17(21)20-16-13-5-3-2-4-11(13)8-15(16)19/h2-7,9,15-16H,8H2,1H3,(H,20,21). The number of hydrogen-bond acceptors (Lipinski definition) is 1. The maximum Gasteiger partial charge on any atom is 0.251 e. The molecule has 0 bridgehead atoms. The van der Waals surface area contributed by atoms with E-state index in [1.165, 1.54) is 5.56 Å². The van der Waals surface area contributed by atoms with Gasteiger partial charge in [0.05, 0.1) is 11.4 Å². The number of aryl methyl sites for hydroxylation is 1. The van der Waals surface area contributed by atoms with Gasteiger partial charge in [-0.05, 0) is 42.2 Å². The fourth-order valence-corrected chi connectivity index (χ4v) is 3.22. The number of benzene rings is 2. The second kappa shape index (κ2) is 5.70. The lowest BCUT2D eigenvalue weighted by Crippen LogP contribution is -2.31. The van der Waals surface area contributed by atoms with Crippen molar-refractivity contribution in [3.63, 3.8) is 0 Å². The zero-order valence-corrected chi connectivity index (χ0v) is 13.1. The van der Waals surface area contributed by atoms with Gasteiger partial charge in [-0.25, -0.2) is 0 Å². The fourth-order valence-electron chi connectivity index (χ4n) is 2.67. The van der Waals surface area contributed by atoms with Crippen molar-refractivity contribution in [3.05, 3.63) is 69.7 Å². The molecule has 0 heterocycles. The summed E-state index contributed by atoms with van der Waals surface area (Å²) in [6.07, 6.45) is 0.775. The minimum atomic E-state index is -0.157. The third-order valence-electron chi connectivity index (χ3n) is 3.89. The molecule has 2 aromatic rings. The van der Waals surface area contributed by atoms with Crippen molar-refractivity contribution in [2.45, 2.75) is 24.8 Å². The van der Waals surface area contributed by atoms with Crippen LogP contribution >= 0.6 is 23.2 Å². The summed E-state index contributed by atoms with van der Waals surface area (Å²) < 4.78 is 0. The van der Waals surface area contributed by atoms with Gasteiger partial charge in [-0.3, -0.25) is 4.79 Å². The minimum Gasteiger partial charge on any atom is -0.344 e. The number of nitrogens with one attached hydrogen (secondary N) is 1. The lowest BCUT2D eigenvalue weighted by atomic mass is 10.1. The largest absolute Gasteiger partial charge is 0.344 e. The van der Waals surface area contributed by atoms with E-state index in [1.807, 2.05) is 31.2 Å². The molecule has 2 atom stereocenters. The van der Waals surface area contributed by atoms with Crippen molar-refractivity contribution in [2.75, 3.05) is 0 Å². The Hall–Kier alpha value is -1.51. The van der Waals surface area contributed by atoms with Gasteiger partial charge in [0, 0.05) is 10.6 Å². The Morgan fingerprint density at radius 1 is 1.24 bits per heavy atom. The Kier molecular flexibility index (Phi) is 3.92. The van der Waals surface area contributed by atoms with Crippen molar-refractivity contribution in [1.82, 2.24) is 5.32 Å². The summed E-state index contributed by atoms with van der Waals surface area (Å²) in [5.41, 5.74) is 3.81. The van der Waals surface area contributed by atoms with Gasteiger partial charge < -0.3 is 5.32 Å². The van der Waals surface area contributed by atoms with Gasteiger partial charge in [0.15, 0.2) is 0 Å². The molecule has 0 radical (unpaired) electrons. The molecule has 2 unspecified atom stereocenters. The van der Waals surface area contributed by atoms with E-state index in [0.717, 1.165) is 17.5 Å². The molecule has 2 nitrogen and oxygen atoms in total. The number of fused-ring (bicyclic) bond motifs is 1. The van der Waals surface area contributed by atoms with Crippen LogP contribution in [0.25, 0.3) is 0 Å². The van der Waals surface area contributed by atoms with Crippen LogP contribution in [-0.2, 0) is 6.42 Å². The number of amides is 1. The molecule has 0 aliphatic heterocycles. The topological polar surface area (TPSA) is 29.1 Å². The van der Waals surface area contributed by atoms with Gasteiger partial charge in [0.1, 0.15) is 0 Å². The first-order valence-electron chi connectivity index (χ1n) is 6.85. The predicted octanol–water partition coefficient (Wildman–Crippen LogP) is 4.28. The Morgan fingerprint density at radius 3 is 2.76 bits per heavy atom. The molecule has 3 rings (SSSR count). The van der Waals surface area contributed by atoms with Gasteiger partial charge >= 0.3 is 0 Å². The number of rotatable bonds is 2. The average molecular weight is 320 g/mol. The van der Waals surface area contributed by atoms with Crippen molar-refractivity contribution in [3.8, 4) is 0 Å². The highest BCUT2D eigenvalue weighted by Crippen LogP contribution is 2.34. The van der Waals surface area contributed by atoms with Crippen molar-refractivity contribution in [1.29, 1.82) is 0 Å². The summed E-state index contributed by atoms with van der Waals surface area (Å²) in [6, 6.07) is 13.2. The molecule has 108 valence electrons. The molecule has 0 saturated heterocycles. The van der Waals surface area contributed by atoms with Gasteiger partial charge in [-0.15, -0.1) is 11.6 Å². The Balaban J connectivity index is 1.83. The van der Waals surface area contributed by atoms with Crippen LogP contribution in [0.3, 0.4) is 0 Å². The molecule has 1 aliphatic carbocycles. The molecule has 1 N–H and O–H groups in total. The molecule has 1 amide bonds. The smallest absolute Gasteiger partial charge is 0.251 e. The van der Waals surface area contributed by atoms with Crippen molar-refractivity contribution >= 4 is 29.1 Å². The first-order chi connectivity index (χ1) is 10.1. The van der Waals surface area contributed by atoms with E-state index in [-0.39, 0.29) is 17.3 Å². The lowest BCUT2D eigenvalue weighted by molar-refractivity contribution is 0.0937. The SMILES string of the molecule is Cc1ccc(C(=O)NC2c3ccccc3CC2Cl)cc1Cl. The molecule has 0 fully saturated rings. The summed E-state index contributed by atoms with van der Waals surface area (Å²) in [4.78, 5) is 12.4. The summed E-state index contributed by atoms with van der Waals surface area (Å²) in [7, 11) is 0. The summed E-state index contributed by atoms with van der Waals surface area (Å²) in [5.74, 6) is -0.149. The van der Waals surface area contributed by atoms with Crippen LogP contribution in [0.4, 0.5) is 0 Å². The number of alkyl halides is 1. The van der Waals surface area contributed by atoms with Crippen LogP contribution in [0.5, 0.6) is 0 Å². The highest BCUT2D eigenvalue weighted by Gasteiger charge is 2.32. The Bertz CT molecular complexity index is 699. The number of carbonyl (C=O) groups is 1. The van der Waals surface area contributed by atoms with E-state index in [2.05, 4.69) is 11.4 Å². The van der Waals surface area contributed by atoms with Crippen LogP contribution in [0.2, 0.25) is 5.02 Å². The number of halogens is 2. The molecule has 4 heteroatoms. The normalized spacial score (nSPS) is 20.1. The number of hydrogen-bond donors (Lipinski definition) is 1. The van der Waals surface area contributed by atoms with E-state index in [0.29, 0.717) is 10.6 Å². The van der Waals surface area contributed by atoms with Crippen molar-refractivity contribution in [2.24, 2.45) is 0 Å². The number of carbonyl (C=O) groups excluding carboxylic acids is 1. The predicted molar refractivity (Wildman–Crippen MR) is 86.2 cm³/mol. The molecule has 21 heavy (non-hydrogen) atoms. The zero-order valence-electron chi connectivity index (χ0n) is 11.6. The molecular weight excluding hydrogens is 305 g/mol. The zero-order chi connectivity index (χ0) is 15.0. The van der Waals surface area contributed by atoms with Crippen LogP contribution in [-0.4, -0.2) is 11.3 Å². The third kappa shape index (κ3) is 2.78. The first-order valence-corrected chi connectivity index (χ1v) is 7.66. The van der Waals surface area contributed by atoms with Gasteiger partial charge in [0.25, 0.3) is 5.91 Å². The van der Waals surface area contributed by atoms with Crippen LogP contribution in [0.1, 0.15) is 33.1 Å². The highest BCUT2D eigenvalue weighted by atomic mass is 35.5. The van der Waals surface area contributed by atoms with E-state index in [1.54, 1.807) is 12.1 Å². The molecule has 0 saturated carbocycles. The first kappa shape index (κ1) is 14.4. The summed E-state index contributed by atoms with van der Waals surface area (Å²) in [5, 5.41) is 3.49. The Morgan fingerprint density at radius 2 is 2.00 bits per heavy atom.